The molecule has 2 saturated heterocycles. The molecule has 9 nitrogen and oxygen atoms in total. The fourth-order valence-corrected chi connectivity index (χ4v) is 5.19. The van der Waals surface area contributed by atoms with Crippen LogP contribution < -0.4 is 5.32 Å². The summed E-state index contributed by atoms with van der Waals surface area (Å²) >= 11 is 0. The summed E-state index contributed by atoms with van der Waals surface area (Å²) in [5.41, 5.74) is 1.44. The Morgan fingerprint density at radius 3 is 2.76 bits per heavy atom. The minimum Gasteiger partial charge on any atom is -0.321 e. The van der Waals surface area contributed by atoms with Crippen molar-refractivity contribution in [3.05, 3.63) is 29.1 Å². The van der Waals surface area contributed by atoms with Gasteiger partial charge in [0.25, 0.3) is 0 Å². The largest absolute Gasteiger partial charge is 0.321 e. The number of nitrogens with zero attached hydrogens (tertiary/aromatic N) is 6. The van der Waals surface area contributed by atoms with E-state index in [2.05, 4.69) is 37.3 Å². The summed E-state index contributed by atoms with van der Waals surface area (Å²) in [4.78, 5) is 27.9. The summed E-state index contributed by atoms with van der Waals surface area (Å²) in [7, 11) is 0. The number of urea groups is 1. The van der Waals surface area contributed by atoms with Crippen LogP contribution in [0, 0.1) is 12.7 Å². The third kappa shape index (κ3) is 4.17. The topological polar surface area (TPSA) is 93.3 Å². The van der Waals surface area contributed by atoms with Gasteiger partial charge in [-0.3, -0.25) is 10.00 Å². The molecule has 0 bridgehead atoms. The van der Waals surface area contributed by atoms with E-state index in [-0.39, 0.29) is 50.6 Å². The van der Waals surface area contributed by atoms with Crippen LogP contribution in [0.3, 0.4) is 0 Å². The molecule has 0 aromatic carbocycles. The van der Waals surface area contributed by atoms with Crippen molar-refractivity contribution in [2.24, 2.45) is 0 Å². The summed E-state index contributed by atoms with van der Waals surface area (Å²) in [5.74, 6) is 0.0621. The SMILES string of the molecule is Cc1ncnc(Nc2n[nH]c3c2CN(C(=O)N2CC4CCCN4C[C@@H]2C)C3(C)C)c1F.S.S. The number of aryl methyl sites for hydroxylation is 1. The first-order valence-electron chi connectivity index (χ1n) is 10.9. The lowest BCUT2D eigenvalue weighted by Gasteiger charge is -2.45. The first-order valence-corrected chi connectivity index (χ1v) is 10.9. The van der Waals surface area contributed by atoms with Gasteiger partial charge in [0, 0.05) is 30.7 Å². The molecule has 2 fully saturated rings. The first kappa shape index (κ1) is 25.6. The predicted molar refractivity (Wildman–Crippen MR) is 134 cm³/mol. The van der Waals surface area contributed by atoms with Crippen LogP contribution in [0.2, 0.25) is 0 Å². The number of hydrogen-bond acceptors (Lipinski definition) is 6. The number of amides is 2. The molecule has 2 N–H and O–H groups in total. The van der Waals surface area contributed by atoms with Crippen molar-refractivity contribution in [1.82, 2.24) is 34.9 Å². The van der Waals surface area contributed by atoms with Crippen molar-refractivity contribution in [3.8, 4) is 0 Å². The van der Waals surface area contributed by atoms with Crippen molar-refractivity contribution in [3.63, 3.8) is 0 Å². The van der Waals surface area contributed by atoms with Gasteiger partial charge in [-0.25, -0.2) is 19.2 Å². The third-order valence-electron chi connectivity index (χ3n) is 7.08. The molecule has 2 aromatic rings. The summed E-state index contributed by atoms with van der Waals surface area (Å²) in [6.07, 6.45) is 3.68. The van der Waals surface area contributed by atoms with Gasteiger partial charge in [-0.1, -0.05) is 0 Å². The average Bonchev–Trinajstić information content (AvgIpc) is 3.40. The Labute approximate surface area is 207 Å². The van der Waals surface area contributed by atoms with Gasteiger partial charge < -0.3 is 15.1 Å². The molecular formula is C21H33FN8OS2. The minimum atomic E-state index is -0.550. The first-order chi connectivity index (χ1) is 14.8. The zero-order valence-corrected chi connectivity index (χ0v) is 21.4. The standard InChI is InChI=1S/C21H29FN8O.2H2S/c1-12-8-28-7-5-6-14(28)9-29(12)20(31)30-10-15-17(21(30,3)4)26-27-18(15)25-19-16(22)13(2)23-11-24-19;;/h11-12,14H,5-10H2,1-4H3,(H2,23,24,25,26,27);2*1H2/t12-,14?;;/m0../s1. The summed E-state index contributed by atoms with van der Waals surface area (Å²) in [6, 6.07) is 0.681. The van der Waals surface area contributed by atoms with E-state index in [0.717, 1.165) is 37.3 Å². The molecule has 2 aromatic heterocycles. The molecule has 1 unspecified atom stereocenters. The minimum absolute atomic E-state index is 0. The highest BCUT2D eigenvalue weighted by Crippen LogP contribution is 2.42. The van der Waals surface area contributed by atoms with E-state index in [1.165, 1.54) is 12.7 Å². The molecule has 0 spiro atoms. The molecule has 5 rings (SSSR count). The molecule has 33 heavy (non-hydrogen) atoms. The Morgan fingerprint density at radius 1 is 1.24 bits per heavy atom. The molecule has 2 amide bonds. The smallest absolute Gasteiger partial charge is 0.321 e. The average molecular weight is 497 g/mol. The van der Waals surface area contributed by atoms with E-state index < -0.39 is 11.4 Å². The second-order valence-corrected chi connectivity index (χ2v) is 9.39. The van der Waals surface area contributed by atoms with Crippen LogP contribution in [-0.4, -0.2) is 72.6 Å². The molecule has 12 heteroatoms. The van der Waals surface area contributed by atoms with Crippen LogP contribution >= 0.6 is 27.0 Å². The quantitative estimate of drug-likeness (QED) is 0.664. The maximum Gasteiger partial charge on any atom is 0.321 e. The Hall–Kier alpha value is -2.05. The second-order valence-electron chi connectivity index (χ2n) is 9.39. The number of H-pyrrole nitrogens is 1. The number of rotatable bonds is 2. The highest BCUT2D eigenvalue weighted by molar-refractivity contribution is 7.59. The summed E-state index contributed by atoms with van der Waals surface area (Å²) < 4.78 is 14.4. The van der Waals surface area contributed by atoms with Crippen molar-refractivity contribution in [2.45, 2.75) is 64.7 Å². The zero-order valence-electron chi connectivity index (χ0n) is 19.4. The Balaban J connectivity index is 0.00000153. The van der Waals surface area contributed by atoms with Gasteiger partial charge in [-0.05, 0) is 47.1 Å². The maximum absolute atomic E-state index is 14.4. The van der Waals surface area contributed by atoms with Crippen molar-refractivity contribution in [1.29, 1.82) is 0 Å². The molecule has 0 aliphatic carbocycles. The number of halogens is 1. The number of aromatic nitrogens is 4. The van der Waals surface area contributed by atoms with Gasteiger partial charge in [0.15, 0.2) is 17.5 Å². The maximum atomic E-state index is 14.4. The lowest BCUT2D eigenvalue weighted by Crippen LogP contribution is -2.60. The Kier molecular flexibility index (Phi) is 7.21. The number of anilines is 2. The number of piperazine rings is 1. The molecule has 3 aliphatic heterocycles. The van der Waals surface area contributed by atoms with E-state index in [9.17, 15) is 9.18 Å². The van der Waals surface area contributed by atoms with E-state index >= 15 is 0 Å². The normalized spacial score (nSPS) is 23.4. The molecule has 2 atom stereocenters. The van der Waals surface area contributed by atoms with Gasteiger partial charge in [-0.15, -0.1) is 0 Å². The molecule has 3 aliphatic rings. The van der Waals surface area contributed by atoms with Crippen molar-refractivity contribution < 1.29 is 9.18 Å². The van der Waals surface area contributed by atoms with Crippen LogP contribution in [0.4, 0.5) is 20.8 Å². The number of hydrogen-bond donors (Lipinski definition) is 2. The Bertz CT molecular complexity index is 1030. The number of nitrogens with one attached hydrogen (secondary N) is 2. The fourth-order valence-electron chi connectivity index (χ4n) is 5.19. The fraction of sp³-hybridized carbons (Fsp3) is 0.619. The highest BCUT2D eigenvalue weighted by Gasteiger charge is 2.47. The zero-order chi connectivity index (χ0) is 21.9. The predicted octanol–water partition coefficient (Wildman–Crippen LogP) is 2.96. The number of fused-ring (bicyclic) bond motifs is 2. The Morgan fingerprint density at radius 2 is 2.00 bits per heavy atom. The van der Waals surface area contributed by atoms with E-state index in [1.54, 1.807) is 6.92 Å². The van der Waals surface area contributed by atoms with E-state index in [1.807, 2.05) is 23.6 Å². The lowest BCUT2D eigenvalue weighted by molar-refractivity contribution is 0.0454. The van der Waals surface area contributed by atoms with Gasteiger partial charge in [-0.2, -0.15) is 32.1 Å². The summed E-state index contributed by atoms with van der Waals surface area (Å²) in [5, 5.41) is 10.4. The van der Waals surface area contributed by atoms with Gasteiger partial charge in [0.05, 0.1) is 23.5 Å². The number of carbonyl (C=O) groups excluding carboxylic acids is 1. The number of aromatic amines is 1. The van der Waals surface area contributed by atoms with Crippen LogP contribution in [0.15, 0.2) is 6.33 Å². The van der Waals surface area contributed by atoms with Gasteiger partial charge >= 0.3 is 6.03 Å². The van der Waals surface area contributed by atoms with Crippen molar-refractivity contribution >= 4 is 44.7 Å². The summed E-state index contributed by atoms with van der Waals surface area (Å²) in [6.45, 7) is 11.0. The van der Waals surface area contributed by atoms with Gasteiger partial charge in [0.1, 0.15) is 6.33 Å². The monoisotopic (exact) mass is 496 g/mol. The van der Waals surface area contributed by atoms with Crippen LogP contribution in [-0.2, 0) is 12.1 Å². The lowest BCUT2D eigenvalue weighted by atomic mass is 10.0. The second kappa shape index (κ2) is 9.30. The molecule has 0 saturated carbocycles. The van der Waals surface area contributed by atoms with Crippen LogP contribution in [0.5, 0.6) is 0 Å². The molecule has 0 radical (unpaired) electrons. The van der Waals surface area contributed by atoms with Gasteiger partial charge in [0.2, 0.25) is 0 Å². The van der Waals surface area contributed by atoms with Crippen LogP contribution in [0.1, 0.15) is 50.6 Å². The molecule has 5 heterocycles. The molecular weight excluding hydrogens is 463 g/mol. The number of carbonyl (C=O) groups is 1. The van der Waals surface area contributed by atoms with E-state index in [0.29, 0.717) is 18.4 Å². The third-order valence-corrected chi connectivity index (χ3v) is 7.08. The van der Waals surface area contributed by atoms with Crippen LogP contribution in [0.25, 0.3) is 0 Å². The van der Waals surface area contributed by atoms with Crippen molar-refractivity contribution in [2.75, 3.05) is 25.0 Å². The van der Waals surface area contributed by atoms with E-state index in [4.69, 9.17) is 0 Å². The molecule has 182 valence electrons. The highest BCUT2D eigenvalue weighted by atomic mass is 32.1.